The zero-order valence-corrected chi connectivity index (χ0v) is 12.1. The number of nitrogens with zero attached hydrogens (tertiary/aromatic N) is 2. The molecule has 0 bridgehead atoms. The van der Waals surface area contributed by atoms with Crippen molar-refractivity contribution in [1.82, 2.24) is 9.88 Å². The van der Waals surface area contributed by atoms with Crippen LogP contribution in [-0.2, 0) is 6.54 Å². The third-order valence-electron chi connectivity index (χ3n) is 2.20. The van der Waals surface area contributed by atoms with Crippen LogP contribution in [0.1, 0.15) is 36.3 Å². The first kappa shape index (κ1) is 16.4. The second-order valence-electron chi connectivity index (χ2n) is 4.07. The third-order valence-corrected chi connectivity index (χ3v) is 3.07. The number of aromatic nitrogens is 1. The number of halogens is 1. The second kappa shape index (κ2) is 7.63. The molecular formula is C11H20ClN3OS. The Hall–Kier alpha value is -0.650. The first-order chi connectivity index (χ1) is 7.58. The monoisotopic (exact) mass is 277 g/mol. The quantitative estimate of drug-likeness (QED) is 0.897. The molecule has 1 heterocycles. The van der Waals surface area contributed by atoms with E-state index in [0.29, 0.717) is 24.7 Å². The first-order valence-electron chi connectivity index (χ1n) is 5.52. The van der Waals surface area contributed by atoms with Gasteiger partial charge in [-0.25, -0.2) is 4.98 Å². The Labute approximate surface area is 113 Å². The van der Waals surface area contributed by atoms with E-state index in [1.54, 1.807) is 5.38 Å². The molecule has 0 aliphatic heterocycles. The molecule has 17 heavy (non-hydrogen) atoms. The maximum absolute atomic E-state index is 12.1. The lowest BCUT2D eigenvalue weighted by Gasteiger charge is -2.21. The van der Waals surface area contributed by atoms with Gasteiger partial charge in [-0.15, -0.1) is 23.7 Å². The normalized spacial score (nSPS) is 10.2. The van der Waals surface area contributed by atoms with Crippen LogP contribution in [0.4, 0.5) is 0 Å². The fourth-order valence-electron chi connectivity index (χ4n) is 1.46. The van der Waals surface area contributed by atoms with Crippen molar-refractivity contribution in [3.63, 3.8) is 0 Å². The highest BCUT2D eigenvalue weighted by molar-refractivity contribution is 7.09. The minimum Gasteiger partial charge on any atom is -0.337 e. The lowest BCUT2D eigenvalue weighted by molar-refractivity contribution is 0.0740. The van der Waals surface area contributed by atoms with Gasteiger partial charge in [0.15, 0.2) is 0 Å². The minimum absolute atomic E-state index is 0. The van der Waals surface area contributed by atoms with Crippen LogP contribution in [0, 0.1) is 5.92 Å². The molecule has 1 amide bonds. The number of nitrogens with two attached hydrogens (primary N) is 1. The van der Waals surface area contributed by atoms with Gasteiger partial charge in [-0.05, 0) is 12.8 Å². The highest BCUT2D eigenvalue weighted by atomic mass is 35.5. The van der Waals surface area contributed by atoms with Crippen molar-refractivity contribution in [1.29, 1.82) is 0 Å². The lowest BCUT2D eigenvalue weighted by atomic mass is 10.2. The van der Waals surface area contributed by atoms with Crippen LogP contribution >= 0.6 is 23.7 Å². The zero-order valence-electron chi connectivity index (χ0n) is 10.5. The van der Waals surface area contributed by atoms with Gasteiger partial charge in [0, 0.05) is 25.0 Å². The molecule has 0 spiro atoms. The molecule has 0 aliphatic carbocycles. The van der Waals surface area contributed by atoms with Gasteiger partial charge >= 0.3 is 0 Å². The largest absolute Gasteiger partial charge is 0.337 e. The molecule has 0 radical (unpaired) electrons. The van der Waals surface area contributed by atoms with Crippen molar-refractivity contribution >= 4 is 29.7 Å². The fraction of sp³-hybridized carbons (Fsp3) is 0.636. The topological polar surface area (TPSA) is 59.2 Å². The predicted octanol–water partition coefficient (Wildman–Crippen LogP) is 2.14. The smallest absolute Gasteiger partial charge is 0.273 e. The zero-order chi connectivity index (χ0) is 12.1. The summed E-state index contributed by atoms with van der Waals surface area (Å²) in [6, 6.07) is 0. The highest BCUT2D eigenvalue weighted by Crippen LogP contribution is 2.12. The summed E-state index contributed by atoms with van der Waals surface area (Å²) in [4.78, 5) is 18.1. The molecule has 0 aliphatic rings. The first-order valence-corrected chi connectivity index (χ1v) is 6.40. The van der Waals surface area contributed by atoms with Crippen molar-refractivity contribution in [2.45, 2.75) is 27.3 Å². The van der Waals surface area contributed by atoms with Gasteiger partial charge in [-0.2, -0.15) is 0 Å². The van der Waals surface area contributed by atoms with E-state index in [-0.39, 0.29) is 18.3 Å². The highest BCUT2D eigenvalue weighted by Gasteiger charge is 2.17. The standard InChI is InChI=1S/C11H19N3OS.ClH/c1-4-14(6-8(2)3)11(15)9-7-16-10(5-12)13-9;/h7-8H,4-6,12H2,1-3H3;1H. The van der Waals surface area contributed by atoms with Crippen LogP contribution in [0.2, 0.25) is 0 Å². The van der Waals surface area contributed by atoms with Crippen LogP contribution in [0.15, 0.2) is 5.38 Å². The molecule has 1 aromatic heterocycles. The number of hydrogen-bond donors (Lipinski definition) is 1. The molecule has 1 rings (SSSR count). The van der Waals surface area contributed by atoms with Crippen LogP contribution in [0.3, 0.4) is 0 Å². The van der Waals surface area contributed by atoms with Gasteiger partial charge in [-0.3, -0.25) is 4.79 Å². The fourth-order valence-corrected chi connectivity index (χ4v) is 2.11. The number of amides is 1. The van der Waals surface area contributed by atoms with Crippen LogP contribution in [-0.4, -0.2) is 28.9 Å². The number of rotatable bonds is 5. The molecule has 2 N–H and O–H groups in total. The van der Waals surface area contributed by atoms with Crippen molar-refractivity contribution in [3.8, 4) is 0 Å². The van der Waals surface area contributed by atoms with E-state index < -0.39 is 0 Å². The Morgan fingerprint density at radius 3 is 2.65 bits per heavy atom. The molecule has 0 saturated carbocycles. The summed E-state index contributed by atoms with van der Waals surface area (Å²) in [6.45, 7) is 8.06. The molecule has 1 aromatic rings. The number of carbonyl (C=O) groups excluding carboxylic acids is 1. The Morgan fingerprint density at radius 1 is 1.59 bits per heavy atom. The van der Waals surface area contributed by atoms with E-state index in [9.17, 15) is 4.79 Å². The maximum atomic E-state index is 12.1. The molecule has 0 unspecified atom stereocenters. The molecular weight excluding hydrogens is 258 g/mol. The molecule has 0 fully saturated rings. The summed E-state index contributed by atoms with van der Waals surface area (Å²) in [5, 5.41) is 2.59. The van der Waals surface area contributed by atoms with Crippen molar-refractivity contribution in [2.75, 3.05) is 13.1 Å². The Bertz CT molecular complexity index is 354. The van der Waals surface area contributed by atoms with Crippen molar-refractivity contribution in [2.24, 2.45) is 11.7 Å². The summed E-state index contributed by atoms with van der Waals surface area (Å²) in [5.74, 6) is 0.476. The van der Waals surface area contributed by atoms with Gasteiger partial charge < -0.3 is 10.6 Å². The van der Waals surface area contributed by atoms with E-state index >= 15 is 0 Å². The van der Waals surface area contributed by atoms with E-state index in [0.717, 1.165) is 11.6 Å². The summed E-state index contributed by atoms with van der Waals surface area (Å²) in [7, 11) is 0. The molecule has 6 heteroatoms. The predicted molar refractivity (Wildman–Crippen MR) is 73.7 cm³/mol. The Kier molecular flexibility index (Phi) is 7.34. The molecule has 0 saturated heterocycles. The molecule has 4 nitrogen and oxygen atoms in total. The van der Waals surface area contributed by atoms with E-state index in [1.807, 2.05) is 11.8 Å². The van der Waals surface area contributed by atoms with Crippen molar-refractivity contribution in [3.05, 3.63) is 16.1 Å². The third kappa shape index (κ3) is 4.61. The number of thiazole rings is 1. The minimum atomic E-state index is 0. The van der Waals surface area contributed by atoms with Gasteiger partial charge in [0.2, 0.25) is 0 Å². The van der Waals surface area contributed by atoms with Crippen LogP contribution in [0.25, 0.3) is 0 Å². The summed E-state index contributed by atoms with van der Waals surface area (Å²) >= 11 is 1.44. The molecule has 98 valence electrons. The summed E-state index contributed by atoms with van der Waals surface area (Å²) < 4.78 is 0. The van der Waals surface area contributed by atoms with E-state index in [2.05, 4.69) is 18.8 Å². The average Bonchev–Trinajstić information content (AvgIpc) is 2.73. The summed E-state index contributed by atoms with van der Waals surface area (Å²) in [5.41, 5.74) is 6.00. The number of hydrogen-bond acceptors (Lipinski definition) is 4. The second-order valence-corrected chi connectivity index (χ2v) is 5.01. The Balaban J connectivity index is 0.00000256. The van der Waals surface area contributed by atoms with Gasteiger partial charge in [0.25, 0.3) is 5.91 Å². The SMILES string of the molecule is CCN(CC(C)C)C(=O)c1csc(CN)n1.Cl. The Morgan fingerprint density at radius 2 is 2.24 bits per heavy atom. The van der Waals surface area contributed by atoms with E-state index in [4.69, 9.17) is 5.73 Å². The van der Waals surface area contributed by atoms with Crippen LogP contribution < -0.4 is 5.73 Å². The lowest BCUT2D eigenvalue weighted by Crippen LogP contribution is -2.34. The van der Waals surface area contributed by atoms with Gasteiger partial charge in [-0.1, -0.05) is 13.8 Å². The van der Waals surface area contributed by atoms with Crippen LogP contribution in [0.5, 0.6) is 0 Å². The van der Waals surface area contributed by atoms with E-state index in [1.165, 1.54) is 11.3 Å². The van der Waals surface area contributed by atoms with Gasteiger partial charge in [0.1, 0.15) is 10.7 Å². The van der Waals surface area contributed by atoms with Gasteiger partial charge in [0.05, 0.1) is 0 Å². The van der Waals surface area contributed by atoms with Crippen molar-refractivity contribution < 1.29 is 4.79 Å². The average molecular weight is 278 g/mol. The molecule has 0 aromatic carbocycles. The summed E-state index contributed by atoms with van der Waals surface area (Å²) in [6.07, 6.45) is 0. The molecule has 0 atom stereocenters. The maximum Gasteiger partial charge on any atom is 0.273 e. The number of carbonyl (C=O) groups is 1.